The van der Waals surface area contributed by atoms with Gasteiger partial charge in [0, 0.05) is 6.42 Å². The minimum atomic E-state index is -0.0853. The van der Waals surface area contributed by atoms with Crippen LogP contribution in [0.5, 0.6) is 0 Å². The summed E-state index contributed by atoms with van der Waals surface area (Å²) < 4.78 is 11.6. The first kappa shape index (κ1) is 28.1. The molecule has 0 radical (unpaired) electrons. The van der Waals surface area contributed by atoms with Gasteiger partial charge >= 0.3 is 5.97 Å². The number of ether oxygens (including phenoxy) is 2. The van der Waals surface area contributed by atoms with Crippen LogP contribution in [0, 0.1) is 0 Å². The predicted molar refractivity (Wildman–Crippen MR) is 124 cm³/mol. The quantitative estimate of drug-likeness (QED) is 0.0961. The maximum absolute atomic E-state index is 11.7. The number of hydrogen-bond acceptors (Lipinski definition) is 3. The van der Waals surface area contributed by atoms with E-state index in [4.69, 9.17) is 9.47 Å². The van der Waals surface area contributed by atoms with E-state index in [0.717, 1.165) is 23.9 Å². The van der Waals surface area contributed by atoms with Gasteiger partial charge in [-0.2, -0.15) is 0 Å². The number of hydrogen-bond donors (Lipinski definition) is 0. The molecular formula is C25H50NO3+. The largest absolute Gasteiger partial charge is 0.463 e. The van der Waals surface area contributed by atoms with E-state index >= 15 is 0 Å². The van der Waals surface area contributed by atoms with Gasteiger partial charge in [0.25, 0.3) is 0 Å². The second-order valence-corrected chi connectivity index (χ2v) is 9.18. The normalized spacial score (nSPS) is 12.0. The lowest BCUT2D eigenvalue weighted by Gasteiger charge is -2.23. The van der Waals surface area contributed by atoms with Gasteiger partial charge in [0.15, 0.2) is 0 Å². The Morgan fingerprint density at radius 3 is 1.86 bits per heavy atom. The van der Waals surface area contributed by atoms with Gasteiger partial charge in [0.1, 0.15) is 13.2 Å². The first-order valence-corrected chi connectivity index (χ1v) is 12.1. The Labute approximate surface area is 181 Å². The Kier molecular flexibility index (Phi) is 19.8. The highest BCUT2D eigenvalue weighted by Gasteiger charge is 2.06. The fraction of sp³-hybridized carbons (Fsp3) is 0.880. The number of esters is 1. The average molecular weight is 413 g/mol. The van der Waals surface area contributed by atoms with Gasteiger partial charge in [-0.05, 0) is 32.1 Å². The van der Waals surface area contributed by atoms with Crippen LogP contribution < -0.4 is 0 Å². The molecule has 4 nitrogen and oxygen atoms in total. The van der Waals surface area contributed by atoms with Crippen LogP contribution in [0.15, 0.2) is 12.2 Å². The summed E-state index contributed by atoms with van der Waals surface area (Å²) in [4.78, 5) is 11.7. The van der Waals surface area contributed by atoms with Gasteiger partial charge < -0.3 is 14.0 Å². The number of carbonyl (C=O) groups excluding carboxylic acids is 1. The highest BCUT2D eigenvalue weighted by atomic mass is 16.6. The highest BCUT2D eigenvalue weighted by Crippen LogP contribution is 2.10. The van der Waals surface area contributed by atoms with Gasteiger partial charge in [0.05, 0.1) is 34.4 Å². The molecule has 0 atom stereocenters. The molecule has 29 heavy (non-hydrogen) atoms. The summed E-state index contributed by atoms with van der Waals surface area (Å²) in [7, 11) is 6.41. The molecular weight excluding hydrogens is 362 g/mol. The predicted octanol–water partition coefficient (Wildman–Crippen LogP) is 6.29. The molecule has 0 heterocycles. The number of allylic oxidation sites excluding steroid dienone is 2. The number of unbranched alkanes of at least 4 members (excludes halogenated alkanes) is 11. The highest BCUT2D eigenvalue weighted by molar-refractivity contribution is 5.69. The molecule has 0 aromatic rings. The minimum absolute atomic E-state index is 0.0853. The second-order valence-electron chi connectivity index (χ2n) is 9.18. The maximum Gasteiger partial charge on any atom is 0.305 e. The molecule has 0 fully saturated rings. The topological polar surface area (TPSA) is 35.5 Å². The summed E-state index contributed by atoms with van der Waals surface area (Å²) in [6.07, 6.45) is 21.8. The van der Waals surface area contributed by atoms with E-state index in [1.165, 1.54) is 70.6 Å². The van der Waals surface area contributed by atoms with Crippen LogP contribution in [0.1, 0.15) is 96.8 Å². The van der Waals surface area contributed by atoms with Crippen LogP contribution >= 0.6 is 0 Å². The van der Waals surface area contributed by atoms with Crippen LogP contribution in [-0.4, -0.2) is 58.0 Å². The van der Waals surface area contributed by atoms with Crippen molar-refractivity contribution in [3.05, 3.63) is 12.2 Å². The van der Waals surface area contributed by atoms with Crippen LogP contribution in [-0.2, 0) is 14.3 Å². The van der Waals surface area contributed by atoms with Gasteiger partial charge in [-0.1, -0.05) is 70.4 Å². The summed E-state index contributed by atoms with van der Waals surface area (Å²) in [5, 5.41) is 0. The zero-order chi connectivity index (χ0) is 21.6. The summed E-state index contributed by atoms with van der Waals surface area (Å²) in [6.45, 7) is 4.81. The SMILES string of the molecule is CCCCCCCCC=CCCCCCCCC(=O)OCCOCC[N+](C)(C)C. The molecule has 4 heteroatoms. The molecule has 0 spiro atoms. The summed E-state index contributed by atoms with van der Waals surface area (Å²) in [5.74, 6) is -0.0853. The number of rotatable bonds is 21. The van der Waals surface area contributed by atoms with Crippen LogP contribution in [0.3, 0.4) is 0 Å². The van der Waals surface area contributed by atoms with E-state index < -0.39 is 0 Å². The van der Waals surface area contributed by atoms with Crippen molar-refractivity contribution in [1.29, 1.82) is 0 Å². The molecule has 0 rings (SSSR count). The van der Waals surface area contributed by atoms with Crippen molar-refractivity contribution in [2.75, 3.05) is 47.5 Å². The molecule has 0 aliphatic heterocycles. The first-order valence-electron chi connectivity index (χ1n) is 12.1. The standard InChI is InChI=1S/C25H50NO3/c1-5-6-7-8-9-10-11-12-13-14-15-16-17-18-19-20-25(27)29-24-23-28-22-21-26(2,3)4/h12-13H,5-11,14-24H2,1-4H3/q+1. The lowest BCUT2D eigenvalue weighted by Crippen LogP contribution is -2.37. The minimum Gasteiger partial charge on any atom is -0.463 e. The zero-order valence-electron chi connectivity index (χ0n) is 20.1. The van der Waals surface area contributed by atoms with E-state index in [0.29, 0.717) is 26.2 Å². The van der Waals surface area contributed by atoms with E-state index in [2.05, 4.69) is 40.2 Å². The smallest absolute Gasteiger partial charge is 0.305 e. The molecule has 172 valence electrons. The zero-order valence-corrected chi connectivity index (χ0v) is 20.1. The van der Waals surface area contributed by atoms with Crippen molar-refractivity contribution in [1.82, 2.24) is 0 Å². The van der Waals surface area contributed by atoms with Crippen LogP contribution in [0.25, 0.3) is 0 Å². The van der Waals surface area contributed by atoms with E-state index in [-0.39, 0.29) is 5.97 Å². The fourth-order valence-corrected chi connectivity index (χ4v) is 3.07. The molecule has 0 N–H and O–H groups in total. The first-order chi connectivity index (χ1) is 14.0. The molecule has 0 unspecified atom stereocenters. The molecule has 0 aromatic carbocycles. The molecule has 0 aliphatic carbocycles. The Balaban J connectivity index is 3.25. The monoisotopic (exact) mass is 412 g/mol. The third-order valence-electron chi connectivity index (χ3n) is 5.04. The van der Waals surface area contributed by atoms with E-state index in [1.807, 2.05) is 0 Å². The molecule has 0 aliphatic rings. The van der Waals surface area contributed by atoms with Crippen LogP contribution in [0.4, 0.5) is 0 Å². The van der Waals surface area contributed by atoms with Crippen LogP contribution in [0.2, 0.25) is 0 Å². The van der Waals surface area contributed by atoms with Gasteiger partial charge in [0.2, 0.25) is 0 Å². The van der Waals surface area contributed by atoms with Crippen molar-refractivity contribution >= 4 is 5.97 Å². The van der Waals surface area contributed by atoms with E-state index in [1.54, 1.807) is 0 Å². The summed E-state index contributed by atoms with van der Waals surface area (Å²) in [5.41, 5.74) is 0. The lowest BCUT2D eigenvalue weighted by molar-refractivity contribution is -0.870. The number of quaternary nitrogens is 1. The maximum atomic E-state index is 11.7. The van der Waals surface area contributed by atoms with Gasteiger partial charge in [-0.15, -0.1) is 0 Å². The Hall–Kier alpha value is -0.870. The summed E-state index contributed by atoms with van der Waals surface area (Å²) in [6, 6.07) is 0. The molecule has 0 bridgehead atoms. The molecule has 0 saturated carbocycles. The van der Waals surface area contributed by atoms with Crippen molar-refractivity contribution in [2.24, 2.45) is 0 Å². The van der Waals surface area contributed by atoms with Gasteiger partial charge in [-0.3, -0.25) is 4.79 Å². The lowest BCUT2D eigenvalue weighted by atomic mass is 10.1. The van der Waals surface area contributed by atoms with Crippen molar-refractivity contribution in [3.8, 4) is 0 Å². The van der Waals surface area contributed by atoms with E-state index in [9.17, 15) is 4.79 Å². The Bertz CT molecular complexity index is 388. The average Bonchev–Trinajstić information content (AvgIpc) is 2.66. The molecule has 0 amide bonds. The second kappa shape index (κ2) is 20.4. The summed E-state index contributed by atoms with van der Waals surface area (Å²) >= 11 is 0. The Morgan fingerprint density at radius 1 is 0.724 bits per heavy atom. The third kappa shape index (κ3) is 25.1. The Morgan fingerprint density at radius 2 is 1.28 bits per heavy atom. The fourth-order valence-electron chi connectivity index (χ4n) is 3.07. The number of carbonyl (C=O) groups is 1. The number of likely N-dealkylation sites (N-methyl/N-ethyl adjacent to an activating group) is 1. The number of nitrogens with zero attached hydrogens (tertiary/aromatic N) is 1. The third-order valence-corrected chi connectivity index (χ3v) is 5.04. The van der Waals surface area contributed by atoms with Crippen molar-refractivity contribution < 1.29 is 18.8 Å². The molecule has 0 saturated heterocycles. The van der Waals surface area contributed by atoms with Crippen molar-refractivity contribution in [3.63, 3.8) is 0 Å². The molecule has 0 aromatic heterocycles. The van der Waals surface area contributed by atoms with Crippen molar-refractivity contribution in [2.45, 2.75) is 96.8 Å². The van der Waals surface area contributed by atoms with Gasteiger partial charge in [-0.25, -0.2) is 0 Å².